The monoisotopic (exact) mass is 486 g/mol. The minimum absolute atomic E-state index is 0.00318. The van der Waals surface area contributed by atoms with Gasteiger partial charge in [0.1, 0.15) is 10.7 Å². The minimum Gasteiger partial charge on any atom is -0.493 e. The van der Waals surface area contributed by atoms with Gasteiger partial charge in [-0.05, 0) is 55.2 Å². The van der Waals surface area contributed by atoms with Crippen molar-refractivity contribution < 1.29 is 35.9 Å². The zero-order chi connectivity index (χ0) is 24.0. The second-order valence-electron chi connectivity index (χ2n) is 7.48. The molecule has 0 aromatic heterocycles. The van der Waals surface area contributed by atoms with Crippen LogP contribution in [-0.2, 0) is 16.4 Å². The van der Waals surface area contributed by atoms with Crippen LogP contribution in [0.5, 0.6) is 11.5 Å². The van der Waals surface area contributed by atoms with Crippen LogP contribution in [0.4, 0.5) is 13.2 Å². The Morgan fingerprint density at radius 1 is 1.09 bits per heavy atom. The molecule has 0 unspecified atom stereocenters. The van der Waals surface area contributed by atoms with Gasteiger partial charge in [-0.2, -0.15) is 13.1 Å². The molecule has 0 radical (unpaired) electrons. The molecule has 2 aromatic rings. The van der Waals surface area contributed by atoms with E-state index in [-0.39, 0.29) is 30.0 Å². The number of nitrogens with one attached hydrogen (secondary N) is 1. The molecule has 2 aromatic carbocycles. The van der Waals surface area contributed by atoms with Crippen molar-refractivity contribution in [3.8, 4) is 11.5 Å². The molecule has 0 saturated carbocycles. The van der Waals surface area contributed by atoms with Crippen LogP contribution in [0.15, 0.2) is 41.3 Å². The number of sulfonamides is 1. The predicted molar refractivity (Wildman–Crippen MR) is 115 cm³/mol. The summed E-state index contributed by atoms with van der Waals surface area (Å²) in [5, 5.41) is 2.62. The molecule has 0 aliphatic carbocycles. The molecule has 1 fully saturated rings. The van der Waals surface area contributed by atoms with Gasteiger partial charge in [0, 0.05) is 25.2 Å². The summed E-state index contributed by atoms with van der Waals surface area (Å²) in [6.45, 7) is -2.25. The Balaban J connectivity index is 1.67. The fraction of sp³-hybridized carbons (Fsp3) is 0.409. The first-order valence-corrected chi connectivity index (χ1v) is 11.9. The van der Waals surface area contributed by atoms with Crippen LogP contribution in [0.2, 0.25) is 0 Å². The van der Waals surface area contributed by atoms with Crippen molar-refractivity contribution in [2.75, 3.05) is 26.7 Å². The standard InChI is InChI=1S/C22H25F3N2O5S/c1-31-18-8-5-15(13-19(18)32-22(24)25)9-10-26-21(28)16-6-7-17(23)20(14-16)33(29,30)27-11-3-2-4-12-27/h5-8,13-14,22H,2-4,9-12H2,1H3,(H,26,28). The van der Waals surface area contributed by atoms with Gasteiger partial charge in [0.2, 0.25) is 10.0 Å². The lowest BCUT2D eigenvalue weighted by Gasteiger charge is -2.26. The maximum absolute atomic E-state index is 14.3. The van der Waals surface area contributed by atoms with Crippen molar-refractivity contribution in [1.29, 1.82) is 0 Å². The van der Waals surface area contributed by atoms with Gasteiger partial charge in [0.05, 0.1) is 7.11 Å². The quantitative estimate of drug-likeness (QED) is 0.586. The Morgan fingerprint density at radius 3 is 2.48 bits per heavy atom. The van der Waals surface area contributed by atoms with E-state index in [4.69, 9.17) is 4.74 Å². The first-order valence-electron chi connectivity index (χ1n) is 10.4. The van der Waals surface area contributed by atoms with E-state index in [0.29, 0.717) is 31.5 Å². The highest BCUT2D eigenvalue weighted by molar-refractivity contribution is 7.89. The Bertz CT molecular complexity index is 1090. The van der Waals surface area contributed by atoms with Gasteiger partial charge in [-0.15, -0.1) is 0 Å². The highest BCUT2D eigenvalue weighted by Crippen LogP contribution is 2.29. The highest BCUT2D eigenvalue weighted by Gasteiger charge is 2.29. The summed E-state index contributed by atoms with van der Waals surface area (Å²) < 4.78 is 75.8. The summed E-state index contributed by atoms with van der Waals surface area (Å²) in [5.74, 6) is -1.47. The van der Waals surface area contributed by atoms with E-state index >= 15 is 0 Å². The highest BCUT2D eigenvalue weighted by atomic mass is 32.2. The summed E-state index contributed by atoms with van der Waals surface area (Å²) in [6.07, 6.45) is 2.61. The number of benzene rings is 2. The van der Waals surface area contributed by atoms with Gasteiger partial charge in [0.15, 0.2) is 11.5 Å². The van der Waals surface area contributed by atoms with Gasteiger partial charge in [-0.25, -0.2) is 12.8 Å². The Morgan fingerprint density at radius 2 is 1.82 bits per heavy atom. The average molecular weight is 487 g/mol. The maximum atomic E-state index is 14.3. The number of carbonyl (C=O) groups excluding carboxylic acids is 1. The summed E-state index contributed by atoms with van der Waals surface area (Å²) in [6, 6.07) is 7.72. The van der Waals surface area contributed by atoms with E-state index in [1.807, 2.05) is 0 Å². The fourth-order valence-electron chi connectivity index (χ4n) is 3.57. The van der Waals surface area contributed by atoms with Gasteiger partial charge < -0.3 is 14.8 Å². The largest absolute Gasteiger partial charge is 0.493 e. The molecule has 1 aliphatic heterocycles. The summed E-state index contributed by atoms with van der Waals surface area (Å²) in [4.78, 5) is 12.0. The van der Waals surface area contributed by atoms with Gasteiger partial charge in [-0.1, -0.05) is 12.5 Å². The van der Waals surface area contributed by atoms with Crippen LogP contribution >= 0.6 is 0 Å². The zero-order valence-electron chi connectivity index (χ0n) is 18.0. The van der Waals surface area contributed by atoms with Gasteiger partial charge >= 0.3 is 6.61 Å². The third-order valence-corrected chi connectivity index (χ3v) is 7.18. The molecule has 3 rings (SSSR count). The second-order valence-corrected chi connectivity index (χ2v) is 9.39. The van der Waals surface area contributed by atoms with Gasteiger partial charge in [-0.3, -0.25) is 4.79 Å². The number of hydrogen-bond donors (Lipinski definition) is 1. The van der Waals surface area contributed by atoms with Crippen LogP contribution in [-0.4, -0.2) is 52.0 Å². The van der Waals surface area contributed by atoms with Crippen molar-refractivity contribution >= 4 is 15.9 Å². The smallest absolute Gasteiger partial charge is 0.387 e. The number of halogens is 3. The molecule has 180 valence electrons. The first kappa shape index (κ1) is 24.8. The van der Waals surface area contributed by atoms with Crippen molar-refractivity contribution in [3.63, 3.8) is 0 Å². The normalized spacial score (nSPS) is 14.8. The second kappa shape index (κ2) is 10.9. The number of methoxy groups -OCH3 is 1. The number of ether oxygens (including phenoxy) is 2. The van der Waals surface area contributed by atoms with Crippen LogP contribution in [0.3, 0.4) is 0 Å². The number of rotatable bonds is 9. The first-order chi connectivity index (χ1) is 15.7. The lowest BCUT2D eigenvalue weighted by molar-refractivity contribution is -0.0512. The molecule has 1 N–H and O–H groups in total. The zero-order valence-corrected chi connectivity index (χ0v) is 18.8. The SMILES string of the molecule is COc1ccc(CCNC(=O)c2ccc(F)c(S(=O)(=O)N3CCCCC3)c2)cc1OC(F)F. The maximum Gasteiger partial charge on any atom is 0.387 e. The van der Waals surface area contributed by atoms with Crippen LogP contribution in [0, 0.1) is 5.82 Å². The molecular weight excluding hydrogens is 461 g/mol. The predicted octanol–water partition coefficient (Wildman–Crippen LogP) is 3.58. The summed E-state index contributed by atoms with van der Waals surface area (Å²) >= 11 is 0. The number of hydrogen-bond acceptors (Lipinski definition) is 5. The lowest BCUT2D eigenvalue weighted by Crippen LogP contribution is -2.36. The van der Waals surface area contributed by atoms with Crippen molar-refractivity contribution in [3.05, 3.63) is 53.3 Å². The molecule has 1 aliphatic rings. The number of amides is 1. The van der Waals surface area contributed by atoms with Crippen molar-refractivity contribution in [2.45, 2.75) is 37.2 Å². The molecule has 33 heavy (non-hydrogen) atoms. The number of carbonyl (C=O) groups is 1. The minimum atomic E-state index is -4.04. The molecule has 1 heterocycles. The Kier molecular flexibility index (Phi) is 8.20. The number of piperidine rings is 1. The Labute approximate surface area is 190 Å². The van der Waals surface area contributed by atoms with Crippen molar-refractivity contribution in [1.82, 2.24) is 9.62 Å². The van der Waals surface area contributed by atoms with Crippen LogP contribution in [0.1, 0.15) is 35.2 Å². The summed E-state index contributed by atoms with van der Waals surface area (Å²) in [5.41, 5.74) is 0.614. The number of nitrogens with zero attached hydrogens (tertiary/aromatic N) is 1. The lowest BCUT2D eigenvalue weighted by atomic mass is 10.1. The molecule has 11 heteroatoms. The molecule has 7 nitrogen and oxygen atoms in total. The Hall–Kier alpha value is -2.79. The topological polar surface area (TPSA) is 84.9 Å². The molecule has 1 amide bonds. The number of alkyl halides is 2. The van der Waals surface area contributed by atoms with Crippen LogP contribution in [0.25, 0.3) is 0 Å². The van der Waals surface area contributed by atoms with Gasteiger partial charge in [0.25, 0.3) is 5.91 Å². The molecule has 0 bridgehead atoms. The fourth-order valence-corrected chi connectivity index (χ4v) is 5.18. The van der Waals surface area contributed by atoms with Crippen molar-refractivity contribution in [2.24, 2.45) is 0 Å². The average Bonchev–Trinajstić information content (AvgIpc) is 2.79. The summed E-state index contributed by atoms with van der Waals surface area (Å²) in [7, 11) is -2.71. The molecule has 0 spiro atoms. The van der Waals surface area contributed by atoms with E-state index in [1.54, 1.807) is 6.07 Å². The molecular formula is C22H25F3N2O5S. The van der Waals surface area contributed by atoms with E-state index in [9.17, 15) is 26.4 Å². The van der Waals surface area contributed by atoms with Crippen LogP contribution < -0.4 is 14.8 Å². The third kappa shape index (κ3) is 6.17. The van der Waals surface area contributed by atoms with E-state index < -0.39 is 33.3 Å². The van der Waals surface area contributed by atoms with E-state index in [0.717, 1.165) is 18.6 Å². The molecule has 1 saturated heterocycles. The molecule has 0 atom stereocenters. The third-order valence-electron chi connectivity index (χ3n) is 5.27. The van der Waals surface area contributed by atoms with E-state index in [1.165, 1.54) is 29.6 Å². The van der Waals surface area contributed by atoms with E-state index in [2.05, 4.69) is 10.1 Å².